The van der Waals surface area contributed by atoms with Crippen LogP contribution in [0.5, 0.6) is 0 Å². The number of carbonyl (C=O) groups excluding carboxylic acids is 2. The van der Waals surface area contributed by atoms with Crippen LogP contribution in [0.2, 0.25) is 5.02 Å². The zero-order chi connectivity index (χ0) is 13.1. The van der Waals surface area contributed by atoms with E-state index in [4.69, 9.17) is 11.6 Å². The molecule has 1 aliphatic rings. The molecule has 0 saturated carbocycles. The molecule has 0 fully saturated rings. The fraction of sp³-hybridized carbons (Fsp3) is 0.182. The highest BCUT2D eigenvalue weighted by atomic mass is 127. The molecule has 0 aromatic heterocycles. The average molecular weight is 378 g/mol. The third-order valence-corrected chi connectivity index (χ3v) is 3.33. The summed E-state index contributed by atoms with van der Waals surface area (Å²) in [5.41, 5.74) is 3.10. The van der Waals surface area contributed by atoms with Crippen molar-refractivity contribution in [1.29, 1.82) is 0 Å². The molecule has 0 bridgehead atoms. The molecule has 0 aliphatic carbocycles. The van der Waals surface area contributed by atoms with E-state index in [1.165, 1.54) is 0 Å². The van der Waals surface area contributed by atoms with E-state index in [1.807, 2.05) is 6.07 Å². The van der Waals surface area contributed by atoms with Gasteiger partial charge in [0.25, 0.3) is 5.91 Å². The number of halogens is 2. The maximum Gasteiger partial charge on any atom is 0.271 e. The molecule has 0 atom stereocenters. The van der Waals surface area contributed by atoms with Gasteiger partial charge in [0.1, 0.15) is 5.71 Å². The molecule has 1 aromatic rings. The van der Waals surface area contributed by atoms with Crippen LogP contribution in [0.15, 0.2) is 23.3 Å². The zero-order valence-electron chi connectivity index (χ0n) is 9.17. The van der Waals surface area contributed by atoms with Gasteiger partial charge in [-0.3, -0.25) is 9.59 Å². The fourth-order valence-corrected chi connectivity index (χ4v) is 2.33. The summed E-state index contributed by atoms with van der Waals surface area (Å²) < 4.78 is 0.984. The van der Waals surface area contributed by atoms with Crippen molar-refractivity contribution in [3.63, 3.8) is 0 Å². The maximum absolute atomic E-state index is 11.9. The van der Waals surface area contributed by atoms with Gasteiger partial charge in [-0.05, 0) is 40.8 Å². The van der Waals surface area contributed by atoms with Gasteiger partial charge in [0.15, 0.2) is 0 Å². The first-order chi connectivity index (χ1) is 8.56. The largest absolute Gasteiger partial charge is 0.320 e. The van der Waals surface area contributed by atoms with Crippen molar-refractivity contribution in [2.45, 2.75) is 12.8 Å². The minimum Gasteiger partial charge on any atom is -0.320 e. The Morgan fingerprint density at radius 2 is 2.22 bits per heavy atom. The number of amides is 2. The standard InChI is InChI=1S/C11H9ClIN3O2/c12-7-5-6(13)1-2-8(7)14-11(18)9-3-4-10(17)16-15-9/h1-2,5H,3-4H2,(H,14,18)(H,16,17). The number of hydrogen-bond acceptors (Lipinski definition) is 3. The molecular weight excluding hydrogens is 368 g/mol. The van der Waals surface area contributed by atoms with E-state index in [2.05, 4.69) is 38.4 Å². The number of anilines is 1. The molecule has 1 aromatic carbocycles. The van der Waals surface area contributed by atoms with Crippen molar-refractivity contribution in [1.82, 2.24) is 5.43 Å². The Kier molecular flexibility index (Phi) is 4.18. The Balaban J connectivity index is 2.09. The maximum atomic E-state index is 11.9. The lowest BCUT2D eigenvalue weighted by atomic mass is 10.1. The molecule has 0 unspecified atom stereocenters. The second kappa shape index (κ2) is 5.66. The van der Waals surface area contributed by atoms with Gasteiger partial charge >= 0.3 is 0 Å². The molecule has 2 amide bonds. The molecule has 2 rings (SSSR count). The van der Waals surface area contributed by atoms with E-state index in [1.54, 1.807) is 12.1 Å². The summed E-state index contributed by atoms with van der Waals surface area (Å²) in [5.74, 6) is -0.531. The summed E-state index contributed by atoms with van der Waals surface area (Å²) in [5, 5.41) is 6.85. The lowest BCUT2D eigenvalue weighted by Gasteiger charge is -2.12. The molecule has 0 radical (unpaired) electrons. The van der Waals surface area contributed by atoms with Crippen LogP contribution in [0, 0.1) is 3.57 Å². The highest BCUT2D eigenvalue weighted by molar-refractivity contribution is 14.1. The highest BCUT2D eigenvalue weighted by Gasteiger charge is 2.18. The lowest BCUT2D eigenvalue weighted by Crippen LogP contribution is -2.32. The van der Waals surface area contributed by atoms with Gasteiger partial charge in [-0.15, -0.1) is 0 Å². The van der Waals surface area contributed by atoms with E-state index < -0.39 is 0 Å². The van der Waals surface area contributed by atoms with Gasteiger partial charge < -0.3 is 5.32 Å². The van der Waals surface area contributed by atoms with E-state index >= 15 is 0 Å². The molecule has 1 aliphatic heterocycles. The van der Waals surface area contributed by atoms with Crippen molar-refractivity contribution < 1.29 is 9.59 Å². The van der Waals surface area contributed by atoms with Crippen LogP contribution in [0.4, 0.5) is 5.69 Å². The van der Waals surface area contributed by atoms with E-state index in [9.17, 15) is 9.59 Å². The Morgan fingerprint density at radius 1 is 1.44 bits per heavy atom. The SMILES string of the molecule is O=C1CCC(C(=O)Nc2ccc(I)cc2Cl)=NN1. The van der Waals surface area contributed by atoms with Crippen LogP contribution in [0.25, 0.3) is 0 Å². The topological polar surface area (TPSA) is 70.6 Å². The Bertz CT molecular complexity index is 545. The van der Waals surface area contributed by atoms with Crippen molar-refractivity contribution in [2.75, 3.05) is 5.32 Å². The molecule has 18 heavy (non-hydrogen) atoms. The summed E-state index contributed by atoms with van der Waals surface area (Å²) >= 11 is 8.14. The second-order valence-corrected chi connectivity index (χ2v) is 5.32. The van der Waals surface area contributed by atoms with Crippen molar-refractivity contribution in [3.8, 4) is 0 Å². The van der Waals surface area contributed by atoms with Crippen LogP contribution in [0.3, 0.4) is 0 Å². The minimum absolute atomic E-state index is 0.182. The van der Waals surface area contributed by atoms with Gasteiger partial charge in [0, 0.05) is 16.4 Å². The van der Waals surface area contributed by atoms with Crippen molar-refractivity contribution in [3.05, 3.63) is 26.8 Å². The number of nitrogens with one attached hydrogen (secondary N) is 2. The molecule has 0 saturated heterocycles. The average Bonchev–Trinajstić information content (AvgIpc) is 2.33. The van der Waals surface area contributed by atoms with Crippen LogP contribution in [-0.4, -0.2) is 17.5 Å². The molecular formula is C11H9ClIN3O2. The Labute approximate surface area is 122 Å². The quantitative estimate of drug-likeness (QED) is 0.775. The predicted octanol–water partition coefficient (Wildman–Crippen LogP) is 2.15. The van der Waals surface area contributed by atoms with E-state index in [0.717, 1.165) is 3.57 Å². The summed E-state index contributed by atoms with van der Waals surface area (Å²) in [7, 11) is 0. The smallest absolute Gasteiger partial charge is 0.271 e. The Hall–Kier alpha value is -1.15. The number of hydrogen-bond donors (Lipinski definition) is 2. The van der Waals surface area contributed by atoms with Gasteiger partial charge in [0.2, 0.25) is 5.91 Å². The Morgan fingerprint density at radius 3 is 2.83 bits per heavy atom. The minimum atomic E-state index is -0.349. The summed E-state index contributed by atoms with van der Waals surface area (Å²) in [4.78, 5) is 22.8. The van der Waals surface area contributed by atoms with Gasteiger partial charge in [-0.25, -0.2) is 5.43 Å². The number of carbonyl (C=O) groups is 2. The van der Waals surface area contributed by atoms with Gasteiger partial charge in [0.05, 0.1) is 10.7 Å². The van der Waals surface area contributed by atoms with Crippen molar-refractivity contribution in [2.24, 2.45) is 5.10 Å². The van der Waals surface area contributed by atoms with Crippen LogP contribution < -0.4 is 10.7 Å². The van der Waals surface area contributed by atoms with Gasteiger partial charge in [-0.1, -0.05) is 11.6 Å². The first kappa shape index (κ1) is 13.3. The van der Waals surface area contributed by atoms with Crippen molar-refractivity contribution >= 4 is 57.4 Å². The number of rotatable bonds is 2. The molecule has 0 spiro atoms. The summed E-state index contributed by atoms with van der Waals surface area (Å²) in [6.45, 7) is 0. The normalized spacial score (nSPS) is 14.8. The first-order valence-electron chi connectivity index (χ1n) is 5.18. The highest BCUT2D eigenvalue weighted by Crippen LogP contribution is 2.23. The zero-order valence-corrected chi connectivity index (χ0v) is 12.1. The van der Waals surface area contributed by atoms with E-state index in [0.29, 0.717) is 22.8 Å². The fourth-order valence-electron chi connectivity index (χ4n) is 1.42. The monoisotopic (exact) mass is 377 g/mol. The third-order valence-electron chi connectivity index (χ3n) is 2.35. The van der Waals surface area contributed by atoms with Crippen LogP contribution >= 0.6 is 34.2 Å². The van der Waals surface area contributed by atoms with Crippen LogP contribution in [0.1, 0.15) is 12.8 Å². The number of benzene rings is 1. The first-order valence-corrected chi connectivity index (χ1v) is 6.64. The molecule has 1 heterocycles. The summed E-state index contributed by atoms with van der Waals surface area (Å²) in [6, 6.07) is 5.32. The number of nitrogens with zero attached hydrogens (tertiary/aromatic N) is 1. The van der Waals surface area contributed by atoms with Gasteiger partial charge in [-0.2, -0.15) is 5.10 Å². The lowest BCUT2D eigenvalue weighted by molar-refractivity contribution is -0.121. The third kappa shape index (κ3) is 3.20. The molecule has 2 N–H and O–H groups in total. The predicted molar refractivity (Wildman–Crippen MR) is 77.6 cm³/mol. The van der Waals surface area contributed by atoms with Crippen LogP contribution in [-0.2, 0) is 9.59 Å². The summed E-state index contributed by atoms with van der Waals surface area (Å²) in [6.07, 6.45) is 0.603. The molecule has 94 valence electrons. The molecule has 5 nitrogen and oxygen atoms in total. The second-order valence-electron chi connectivity index (χ2n) is 3.67. The number of hydrazone groups is 1. The molecule has 7 heteroatoms. The van der Waals surface area contributed by atoms with E-state index in [-0.39, 0.29) is 18.2 Å².